The number of hydrogen-bond acceptors (Lipinski definition) is 2. The molecule has 1 aromatic heterocycles. The summed E-state index contributed by atoms with van der Waals surface area (Å²) in [5.74, 6) is 0. The van der Waals surface area contributed by atoms with Crippen molar-refractivity contribution < 1.29 is 0 Å². The number of rotatable bonds is 6. The molecule has 5 heteroatoms. The van der Waals surface area contributed by atoms with Gasteiger partial charge in [0.25, 0.3) is 0 Å². The standard InChI is InChI=1S/C16H21BrIN3/c1-4-9-21-16(13(17)10-20-21)15(19-5-2)12-8-6-7-11(3)14(12)18/h6-8,10,15,19H,4-5,9H2,1-3H3. The Kier molecular flexibility index (Phi) is 6.25. The van der Waals surface area contributed by atoms with Crippen molar-refractivity contribution in [3.8, 4) is 0 Å². The van der Waals surface area contributed by atoms with E-state index in [4.69, 9.17) is 0 Å². The average Bonchev–Trinajstić information content (AvgIpc) is 2.81. The number of hydrogen-bond donors (Lipinski definition) is 1. The van der Waals surface area contributed by atoms with Crippen LogP contribution >= 0.6 is 38.5 Å². The molecule has 3 nitrogen and oxygen atoms in total. The molecular weight excluding hydrogens is 441 g/mol. The molecular formula is C16H21BrIN3. The number of benzene rings is 1. The van der Waals surface area contributed by atoms with Gasteiger partial charge < -0.3 is 5.32 Å². The topological polar surface area (TPSA) is 29.9 Å². The molecule has 0 aliphatic rings. The number of halogens is 2. The summed E-state index contributed by atoms with van der Waals surface area (Å²) < 4.78 is 4.49. The first-order chi connectivity index (χ1) is 10.1. The summed E-state index contributed by atoms with van der Waals surface area (Å²) in [7, 11) is 0. The van der Waals surface area contributed by atoms with E-state index in [2.05, 4.69) is 92.6 Å². The zero-order chi connectivity index (χ0) is 15.4. The maximum Gasteiger partial charge on any atom is 0.0770 e. The van der Waals surface area contributed by atoms with Crippen molar-refractivity contribution in [1.29, 1.82) is 0 Å². The number of aryl methyl sites for hydroxylation is 2. The highest BCUT2D eigenvalue weighted by Crippen LogP contribution is 2.32. The van der Waals surface area contributed by atoms with Crippen LogP contribution in [0.25, 0.3) is 0 Å². The molecule has 0 aliphatic heterocycles. The van der Waals surface area contributed by atoms with Gasteiger partial charge in [0.15, 0.2) is 0 Å². The summed E-state index contributed by atoms with van der Waals surface area (Å²) in [6.45, 7) is 8.33. The van der Waals surface area contributed by atoms with Gasteiger partial charge in [-0.05, 0) is 69.5 Å². The molecule has 1 heterocycles. The SMILES string of the molecule is CCCn1ncc(Br)c1C(NCC)c1cccc(C)c1I. The van der Waals surface area contributed by atoms with Crippen molar-refractivity contribution in [2.24, 2.45) is 0 Å². The number of nitrogens with zero attached hydrogens (tertiary/aromatic N) is 2. The Bertz CT molecular complexity index is 610. The van der Waals surface area contributed by atoms with Gasteiger partial charge >= 0.3 is 0 Å². The van der Waals surface area contributed by atoms with E-state index in [9.17, 15) is 0 Å². The first-order valence-corrected chi connectivity index (χ1v) is 9.16. The fraction of sp³-hybridized carbons (Fsp3) is 0.438. The summed E-state index contributed by atoms with van der Waals surface area (Å²) in [6.07, 6.45) is 2.98. The second-order valence-electron chi connectivity index (χ2n) is 5.07. The van der Waals surface area contributed by atoms with Crippen LogP contribution in [0.3, 0.4) is 0 Å². The lowest BCUT2D eigenvalue weighted by Crippen LogP contribution is -2.26. The molecule has 0 fully saturated rings. The first kappa shape index (κ1) is 17.0. The van der Waals surface area contributed by atoms with Crippen LogP contribution < -0.4 is 5.32 Å². The maximum absolute atomic E-state index is 4.51. The lowest BCUT2D eigenvalue weighted by Gasteiger charge is -2.22. The van der Waals surface area contributed by atoms with E-state index in [0.29, 0.717) is 0 Å². The van der Waals surface area contributed by atoms with Crippen molar-refractivity contribution >= 4 is 38.5 Å². The molecule has 0 radical (unpaired) electrons. The largest absolute Gasteiger partial charge is 0.305 e. The molecule has 1 N–H and O–H groups in total. The molecule has 1 atom stereocenters. The van der Waals surface area contributed by atoms with Crippen LogP contribution in [0.5, 0.6) is 0 Å². The highest BCUT2D eigenvalue weighted by Gasteiger charge is 2.23. The Morgan fingerprint density at radius 1 is 1.38 bits per heavy atom. The van der Waals surface area contributed by atoms with Gasteiger partial charge in [0.05, 0.1) is 22.4 Å². The van der Waals surface area contributed by atoms with Gasteiger partial charge in [0, 0.05) is 10.1 Å². The third kappa shape index (κ3) is 3.68. The highest BCUT2D eigenvalue weighted by atomic mass is 127. The Morgan fingerprint density at radius 2 is 2.14 bits per heavy atom. The first-order valence-electron chi connectivity index (χ1n) is 7.29. The van der Waals surface area contributed by atoms with E-state index in [1.807, 2.05) is 6.20 Å². The molecule has 0 amide bonds. The van der Waals surface area contributed by atoms with Crippen LogP contribution in [0.15, 0.2) is 28.9 Å². The molecule has 114 valence electrons. The van der Waals surface area contributed by atoms with E-state index in [-0.39, 0.29) is 6.04 Å². The van der Waals surface area contributed by atoms with Crippen molar-refractivity contribution in [2.75, 3.05) is 6.54 Å². The molecule has 1 unspecified atom stereocenters. The molecule has 0 bridgehead atoms. The smallest absolute Gasteiger partial charge is 0.0770 e. The van der Waals surface area contributed by atoms with Crippen LogP contribution in [-0.4, -0.2) is 16.3 Å². The zero-order valence-electron chi connectivity index (χ0n) is 12.7. The van der Waals surface area contributed by atoms with Crippen LogP contribution in [0.2, 0.25) is 0 Å². The van der Waals surface area contributed by atoms with Crippen molar-refractivity contribution in [3.63, 3.8) is 0 Å². The summed E-state index contributed by atoms with van der Waals surface area (Å²) in [4.78, 5) is 0. The second kappa shape index (κ2) is 7.74. The second-order valence-corrected chi connectivity index (χ2v) is 7.00. The summed E-state index contributed by atoms with van der Waals surface area (Å²) in [6, 6.07) is 6.65. The maximum atomic E-state index is 4.51. The monoisotopic (exact) mass is 461 g/mol. The summed E-state index contributed by atoms with van der Waals surface area (Å²) in [5.41, 5.74) is 3.84. The molecule has 0 spiro atoms. The fourth-order valence-electron chi connectivity index (χ4n) is 2.50. The lowest BCUT2D eigenvalue weighted by atomic mass is 10.0. The average molecular weight is 462 g/mol. The minimum atomic E-state index is 0.158. The van der Waals surface area contributed by atoms with E-state index in [1.54, 1.807) is 0 Å². The normalized spacial score (nSPS) is 12.6. The Labute approximate surface area is 148 Å². The third-order valence-electron chi connectivity index (χ3n) is 3.48. The van der Waals surface area contributed by atoms with Gasteiger partial charge in [-0.3, -0.25) is 4.68 Å². The van der Waals surface area contributed by atoms with Gasteiger partial charge in [-0.15, -0.1) is 0 Å². The van der Waals surface area contributed by atoms with E-state index >= 15 is 0 Å². The van der Waals surface area contributed by atoms with E-state index in [1.165, 1.54) is 20.4 Å². The Hall–Kier alpha value is -0.400. The lowest BCUT2D eigenvalue weighted by molar-refractivity contribution is 0.518. The Morgan fingerprint density at radius 3 is 2.81 bits per heavy atom. The minimum Gasteiger partial charge on any atom is -0.305 e. The van der Waals surface area contributed by atoms with Gasteiger partial charge in [-0.2, -0.15) is 5.10 Å². The van der Waals surface area contributed by atoms with Crippen molar-refractivity contribution in [1.82, 2.24) is 15.1 Å². The van der Waals surface area contributed by atoms with E-state index < -0.39 is 0 Å². The quantitative estimate of drug-likeness (QED) is 0.633. The third-order valence-corrected chi connectivity index (χ3v) is 5.57. The highest BCUT2D eigenvalue weighted by molar-refractivity contribution is 14.1. The van der Waals surface area contributed by atoms with Crippen molar-refractivity contribution in [2.45, 2.75) is 39.8 Å². The van der Waals surface area contributed by atoms with Gasteiger partial charge in [0.2, 0.25) is 0 Å². The summed E-state index contributed by atoms with van der Waals surface area (Å²) in [5, 5.41) is 8.13. The fourth-order valence-corrected chi connectivity index (χ4v) is 3.70. The molecule has 1 aromatic carbocycles. The number of aromatic nitrogens is 2. The molecule has 0 aliphatic carbocycles. The van der Waals surface area contributed by atoms with Crippen LogP contribution in [0, 0.1) is 10.5 Å². The number of nitrogens with one attached hydrogen (secondary N) is 1. The van der Waals surface area contributed by atoms with Crippen LogP contribution in [0.1, 0.15) is 43.1 Å². The molecule has 2 rings (SSSR count). The molecule has 0 saturated carbocycles. The predicted octanol–water partition coefficient (Wildman–Crippen LogP) is 4.67. The van der Waals surface area contributed by atoms with Gasteiger partial charge in [-0.25, -0.2) is 0 Å². The van der Waals surface area contributed by atoms with Crippen LogP contribution in [-0.2, 0) is 6.54 Å². The molecule has 0 saturated heterocycles. The van der Waals surface area contributed by atoms with Gasteiger partial charge in [0.1, 0.15) is 0 Å². The zero-order valence-corrected chi connectivity index (χ0v) is 16.4. The summed E-state index contributed by atoms with van der Waals surface area (Å²) >= 11 is 6.12. The Balaban J connectivity index is 2.53. The van der Waals surface area contributed by atoms with Crippen molar-refractivity contribution in [3.05, 3.63) is 49.3 Å². The van der Waals surface area contributed by atoms with Gasteiger partial charge in [-0.1, -0.05) is 32.0 Å². The molecule has 21 heavy (non-hydrogen) atoms. The molecule has 2 aromatic rings. The predicted molar refractivity (Wildman–Crippen MR) is 99.6 cm³/mol. The minimum absolute atomic E-state index is 0.158. The van der Waals surface area contributed by atoms with E-state index in [0.717, 1.165) is 24.0 Å². The van der Waals surface area contributed by atoms with Crippen LogP contribution in [0.4, 0.5) is 0 Å².